The van der Waals surface area contributed by atoms with Gasteiger partial charge in [-0.1, -0.05) is 18.7 Å². The van der Waals surface area contributed by atoms with Gasteiger partial charge in [-0.25, -0.2) is 0 Å². The largest absolute Gasteiger partial charge is 0.496 e. The quantitative estimate of drug-likeness (QED) is 0.774. The van der Waals surface area contributed by atoms with Crippen LogP contribution in [0.5, 0.6) is 5.75 Å². The van der Waals surface area contributed by atoms with E-state index in [1.165, 1.54) is 0 Å². The predicted molar refractivity (Wildman–Crippen MR) is 65.5 cm³/mol. The van der Waals surface area contributed by atoms with E-state index in [0.717, 1.165) is 16.9 Å². The first-order valence-electron chi connectivity index (χ1n) is 5.08. The average Bonchev–Trinajstić information content (AvgIpc) is 2.28. The second-order valence-corrected chi connectivity index (χ2v) is 3.75. The van der Waals surface area contributed by atoms with Gasteiger partial charge in [-0.2, -0.15) is 0 Å². The summed E-state index contributed by atoms with van der Waals surface area (Å²) in [4.78, 5) is 13.1. The number of amides is 1. The number of ether oxygens (including phenoxy) is 1. The Morgan fingerprint density at radius 3 is 2.69 bits per heavy atom. The number of hydrogen-bond acceptors (Lipinski definition) is 2. The summed E-state index contributed by atoms with van der Waals surface area (Å²) >= 11 is 0. The molecule has 0 spiro atoms. The third-order valence-electron chi connectivity index (χ3n) is 2.37. The highest BCUT2D eigenvalue weighted by Gasteiger charge is 2.07. The lowest BCUT2D eigenvalue weighted by Crippen LogP contribution is -2.23. The number of methoxy groups -OCH3 is 1. The fourth-order valence-corrected chi connectivity index (χ4v) is 1.39. The highest BCUT2D eigenvalue weighted by molar-refractivity contribution is 5.78. The molecular weight excluding hydrogens is 202 g/mol. The zero-order valence-electron chi connectivity index (χ0n) is 9.99. The van der Waals surface area contributed by atoms with Gasteiger partial charge in [0.05, 0.1) is 13.5 Å². The fraction of sp³-hybridized carbons (Fsp3) is 0.308. The minimum atomic E-state index is 0.0835. The molecule has 1 amide bonds. The lowest BCUT2D eigenvalue weighted by Gasteiger charge is -2.11. The van der Waals surface area contributed by atoms with Crippen molar-refractivity contribution in [3.05, 3.63) is 35.9 Å². The Labute approximate surface area is 96.3 Å². The second kappa shape index (κ2) is 5.35. The number of carbonyl (C=O) groups is 1. The van der Waals surface area contributed by atoms with Crippen molar-refractivity contribution in [2.75, 3.05) is 21.2 Å². The van der Waals surface area contributed by atoms with Gasteiger partial charge in [-0.15, -0.1) is 0 Å². The molecule has 0 N–H and O–H groups in total. The third kappa shape index (κ3) is 2.86. The summed E-state index contributed by atoms with van der Waals surface area (Å²) in [5.41, 5.74) is 1.88. The Morgan fingerprint density at radius 1 is 1.50 bits per heavy atom. The number of carbonyl (C=O) groups excluding carboxylic acids is 1. The molecule has 16 heavy (non-hydrogen) atoms. The van der Waals surface area contributed by atoms with Gasteiger partial charge in [0.2, 0.25) is 5.91 Å². The summed E-state index contributed by atoms with van der Waals surface area (Å²) in [6.07, 6.45) is 2.13. The van der Waals surface area contributed by atoms with Crippen molar-refractivity contribution < 1.29 is 9.53 Å². The van der Waals surface area contributed by atoms with E-state index >= 15 is 0 Å². The Hall–Kier alpha value is -1.77. The molecular formula is C13H17NO2. The maximum Gasteiger partial charge on any atom is 0.226 e. The summed E-state index contributed by atoms with van der Waals surface area (Å²) in [6.45, 7) is 3.72. The van der Waals surface area contributed by atoms with E-state index in [1.807, 2.05) is 18.2 Å². The van der Waals surface area contributed by atoms with Crippen molar-refractivity contribution in [1.82, 2.24) is 4.90 Å². The van der Waals surface area contributed by atoms with E-state index in [4.69, 9.17) is 4.74 Å². The Kier molecular flexibility index (Phi) is 4.11. The zero-order valence-corrected chi connectivity index (χ0v) is 9.99. The van der Waals surface area contributed by atoms with Gasteiger partial charge < -0.3 is 9.64 Å². The van der Waals surface area contributed by atoms with Crippen LogP contribution in [0.25, 0.3) is 6.08 Å². The van der Waals surface area contributed by atoms with E-state index < -0.39 is 0 Å². The van der Waals surface area contributed by atoms with E-state index in [1.54, 1.807) is 32.2 Å². The molecule has 0 unspecified atom stereocenters. The minimum absolute atomic E-state index is 0.0835. The standard InChI is InChI=1S/C13H17NO2/c1-5-11-8-10(6-7-12(11)16-4)9-13(15)14(2)3/h5-8H,1,9H2,2-4H3. The summed E-state index contributed by atoms with van der Waals surface area (Å²) in [5, 5.41) is 0. The summed E-state index contributed by atoms with van der Waals surface area (Å²) < 4.78 is 5.18. The SMILES string of the molecule is C=Cc1cc(CC(=O)N(C)C)ccc1OC. The Morgan fingerprint density at radius 2 is 2.19 bits per heavy atom. The van der Waals surface area contributed by atoms with Crippen LogP contribution >= 0.6 is 0 Å². The minimum Gasteiger partial charge on any atom is -0.496 e. The average molecular weight is 219 g/mol. The van der Waals surface area contributed by atoms with Crippen LogP contribution in [0.3, 0.4) is 0 Å². The number of nitrogens with zero attached hydrogens (tertiary/aromatic N) is 1. The number of benzene rings is 1. The summed E-state index contributed by atoms with van der Waals surface area (Å²) in [6, 6.07) is 5.68. The summed E-state index contributed by atoms with van der Waals surface area (Å²) in [5.74, 6) is 0.858. The van der Waals surface area contributed by atoms with Crippen molar-refractivity contribution in [1.29, 1.82) is 0 Å². The molecule has 0 aliphatic rings. The predicted octanol–water partition coefficient (Wildman–Crippen LogP) is 1.97. The van der Waals surface area contributed by atoms with Gasteiger partial charge in [0.15, 0.2) is 0 Å². The lowest BCUT2D eigenvalue weighted by molar-refractivity contribution is -0.127. The number of likely N-dealkylation sites (N-methyl/N-ethyl adjacent to an activating group) is 1. The first-order valence-corrected chi connectivity index (χ1v) is 5.08. The molecule has 1 rings (SSSR count). The molecule has 0 atom stereocenters. The van der Waals surface area contributed by atoms with Crippen LogP contribution in [0, 0.1) is 0 Å². The molecule has 0 aromatic heterocycles. The first kappa shape index (κ1) is 12.3. The van der Waals surface area contributed by atoms with Crippen LogP contribution in [0.1, 0.15) is 11.1 Å². The van der Waals surface area contributed by atoms with Gasteiger partial charge in [0, 0.05) is 19.7 Å². The van der Waals surface area contributed by atoms with Crippen LogP contribution in [0.15, 0.2) is 24.8 Å². The van der Waals surface area contributed by atoms with Gasteiger partial charge in [0.25, 0.3) is 0 Å². The van der Waals surface area contributed by atoms with Gasteiger partial charge >= 0.3 is 0 Å². The van der Waals surface area contributed by atoms with Crippen molar-refractivity contribution in [3.8, 4) is 5.75 Å². The van der Waals surface area contributed by atoms with E-state index in [-0.39, 0.29) is 5.91 Å². The Balaban J connectivity index is 2.91. The van der Waals surface area contributed by atoms with Gasteiger partial charge in [0.1, 0.15) is 5.75 Å². The molecule has 0 aliphatic carbocycles. The van der Waals surface area contributed by atoms with Crippen LogP contribution in [-0.4, -0.2) is 32.0 Å². The van der Waals surface area contributed by atoms with E-state index in [0.29, 0.717) is 6.42 Å². The van der Waals surface area contributed by atoms with Crippen LogP contribution in [-0.2, 0) is 11.2 Å². The van der Waals surface area contributed by atoms with Crippen molar-refractivity contribution in [2.45, 2.75) is 6.42 Å². The maximum absolute atomic E-state index is 11.5. The Bertz CT molecular complexity index is 397. The van der Waals surface area contributed by atoms with Crippen molar-refractivity contribution in [2.24, 2.45) is 0 Å². The van der Waals surface area contributed by atoms with Crippen LogP contribution in [0.2, 0.25) is 0 Å². The van der Waals surface area contributed by atoms with Crippen molar-refractivity contribution in [3.63, 3.8) is 0 Å². The zero-order chi connectivity index (χ0) is 12.1. The number of rotatable bonds is 4. The highest BCUT2D eigenvalue weighted by Crippen LogP contribution is 2.21. The molecule has 0 saturated carbocycles. The molecule has 1 aromatic rings. The smallest absolute Gasteiger partial charge is 0.226 e. The van der Waals surface area contributed by atoms with E-state index in [2.05, 4.69) is 6.58 Å². The van der Waals surface area contributed by atoms with Gasteiger partial charge in [-0.05, 0) is 17.7 Å². The molecule has 3 nitrogen and oxygen atoms in total. The molecule has 3 heteroatoms. The van der Waals surface area contributed by atoms with Gasteiger partial charge in [-0.3, -0.25) is 4.79 Å². The normalized spacial score (nSPS) is 9.69. The molecule has 0 radical (unpaired) electrons. The number of hydrogen-bond donors (Lipinski definition) is 0. The topological polar surface area (TPSA) is 29.5 Å². The summed E-state index contributed by atoms with van der Waals surface area (Å²) in [7, 11) is 5.12. The molecule has 0 aliphatic heterocycles. The third-order valence-corrected chi connectivity index (χ3v) is 2.37. The van der Waals surface area contributed by atoms with Crippen LogP contribution < -0.4 is 4.74 Å². The molecule has 0 fully saturated rings. The fourth-order valence-electron chi connectivity index (χ4n) is 1.39. The second-order valence-electron chi connectivity index (χ2n) is 3.75. The maximum atomic E-state index is 11.5. The monoisotopic (exact) mass is 219 g/mol. The molecule has 0 heterocycles. The molecule has 86 valence electrons. The highest BCUT2D eigenvalue weighted by atomic mass is 16.5. The first-order chi connectivity index (χ1) is 7.58. The molecule has 1 aromatic carbocycles. The molecule has 0 saturated heterocycles. The van der Waals surface area contributed by atoms with E-state index in [9.17, 15) is 4.79 Å². The van der Waals surface area contributed by atoms with Crippen LogP contribution in [0.4, 0.5) is 0 Å². The van der Waals surface area contributed by atoms with Crippen molar-refractivity contribution >= 4 is 12.0 Å². The molecule has 0 bridgehead atoms. The lowest BCUT2D eigenvalue weighted by atomic mass is 10.1.